The fraction of sp³-hybridized carbons (Fsp3) is 0.323. The topological polar surface area (TPSA) is 26.8 Å². The van der Waals surface area contributed by atoms with Crippen molar-refractivity contribution in [2.45, 2.75) is 38.8 Å². The molecule has 35 heavy (non-hydrogen) atoms. The minimum atomic E-state index is 0.130. The van der Waals surface area contributed by atoms with Gasteiger partial charge in [0.25, 0.3) is 0 Å². The highest BCUT2D eigenvalue weighted by Crippen LogP contribution is 2.34. The average molecular weight is 466 g/mol. The molecule has 4 nitrogen and oxygen atoms in total. The van der Waals surface area contributed by atoms with E-state index in [0.29, 0.717) is 6.04 Å². The van der Waals surface area contributed by atoms with Crippen LogP contribution in [0.2, 0.25) is 0 Å². The summed E-state index contributed by atoms with van der Waals surface area (Å²) in [5, 5.41) is 0. The summed E-state index contributed by atoms with van der Waals surface area (Å²) < 4.78 is 0. The van der Waals surface area contributed by atoms with Crippen molar-refractivity contribution in [2.24, 2.45) is 0 Å². The normalized spacial score (nSPS) is 16.5. The maximum absolute atomic E-state index is 12.2. The summed E-state index contributed by atoms with van der Waals surface area (Å²) in [5.41, 5.74) is 6.20. The van der Waals surface area contributed by atoms with Gasteiger partial charge in [0.05, 0.1) is 0 Å². The molecule has 1 amide bonds. The number of rotatable bonds is 7. The molecule has 2 aliphatic rings. The molecular formula is C31H35N3O. The Morgan fingerprint density at radius 1 is 0.943 bits per heavy atom. The average Bonchev–Trinajstić information content (AvgIpc) is 3.32. The van der Waals surface area contributed by atoms with Crippen molar-refractivity contribution in [3.8, 4) is 0 Å². The van der Waals surface area contributed by atoms with Gasteiger partial charge in [0.15, 0.2) is 0 Å². The summed E-state index contributed by atoms with van der Waals surface area (Å²) >= 11 is 0. The number of nitrogens with zero attached hydrogens (tertiary/aromatic N) is 3. The van der Waals surface area contributed by atoms with Gasteiger partial charge >= 0.3 is 0 Å². The Hall–Kier alpha value is -3.37. The number of carbonyl (C=O) groups is 1. The van der Waals surface area contributed by atoms with Crippen LogP contribution in [0.15, 0.2) is 84.9 Å². The first-order valence-electron chi connectivity index (χ1n) is 12.8. The molecule has 3 aromatic rings. The molecule has 180 valence electrons. The number of hydrogen-bond acceptors (Lipinski definition) is 3. The van der Waals surface area contributed by atoms with E-state index in [1.54, 1.807) is 6.92 Å². The highest BCUT2D eigenvalue weighted by molar-refractivity contribution is 5.94. The van der Waals surface area contributed by atoms with E-state index in [0.717, 1.165) is 57.7 Å². The molecule has 4 heteroatoms. The summed E-state index contributed by atoms with van der Waals surface area (Å²) in [6.07, 6.45) is 7.72. The van der Waals surface area contributed by atoms with E-state index < -0.39 is 0 Å². The lowest BCUT2D eigenvalue weighted by molar-refractivity contribution is -0.116. The molecule has 0 saturated carbocycles. The Morgan fingerprint density at radius 2 is 1.66 bits per heavy atom. The van der Waals surface area contributed by atoms with Crippen molar-refractivity contribution in [3.63, 3.8) is 0 Å². The molecule has 1 fully saturated rings. The van der Waals surface area contributed by atoms with Crippen LogP contribution < -0.4 is 9.80 Å². The van der Waals surface area contributed by atoms with E-state index in [1.165, 1.54) is 22.4 Å². The summed E-state index contributed by atoms with van der Waals surface area (Å²) in [6, 6.07) is 28.5. The van der Waals surface area contributed by atoms with Crippen molar-refractivity contribution in [1.29, 1.82) is 0 Å². The number of fused-ring (bicyclic) bond motifs is 1. The van der Waals surface area contributed by atoms with Crippen LogP contribution in [0.25, 0.3) is 6.08 Å². The van der Waals surface area contributed by atoms with E-state index in [2.05, 4.69) is 101 Å². The van der Waals surface area contributed by atoms with E-state index in [-0.39, 0.29) is 5.91 Å². The van der Waals surface area contributed by atoms with E-state index in [9.17, 15) is 4.79 Å². The van der Waals surface area contributed by atoms with Gasteiger partial charge in [-0.2, -0.15) is 0 Å². The Kier molecular flexibility index (Phi) is 7.29. The third-order valence-electron chi connectivity index (χ3n) is 7.34. The lowest BCUT2D eigenvalue weighted by Gasteiger charge is -2.39. The van der Waals surface area contributed by atoms with Gasteiger partial charge < -0.3 is 9.80 Å². The summed E-state index contributed by atoms with van der Waals surface area (Å²) in [4.78, 5) is 19.3. The fourth-order valence-corrected chi connectivity index (χ4v) is 5.44. The molecule has 0 N–H and O–H groups in total. The van der Waals surface area contributed by atoms with Crippen LogP contribution in [-0.2, 0) is 17.8 Å². The Balaban J connectivity index is 1.33. The molecule has 0 bridgehead atoms. The molecule has 0 unspecified atom stereocenters. The van der Waals surface area contributed by atoms with Gasteiger partial charge in [0.1, 0.15) is 0 Å². The Morgan fingerprint density at radius 3 is 2.37 bits per heavy atom. The molecule has 0 radical (unpaired) electrons. The number of anilines is 2. The zero-order valence-electron chi connectivity index (χ0n) is 20.6. The van der Waals surface area contributed by atoms with Crippen molar-refractivity contribution in [1.82, 2.24) is 4.90 Å². The number of carbonyl (C=O) groups excluding carboxylic acids is 1. The molecule has 1 saturated heterocycles. The minimum Gasteiger partial charge on any atom is -0.365 e. The smallest absolute Gasteiger partial charge is 0.223 e. The first-order chi connectivity index (χ1) is 17.2. The molecular weight excluding hydrogens is 430 g/mol. The quantitative estimate of drug-likeness (QED) is 0.443. The van der Waals surface area contributed by atoms with Crippen LogP contribution in [0, 0.1) is 0 Å². The molecule has 2 heterocycles. The van der Waals surface area contributed by atoms with Crippen LogP contribution in [-0.4, -0.2) is 43.0 Å². The summed E-state index contributed by atoms with van der Waals surface area (Å²) in [6.45, 7) is 6.54. The second-order valence-electron chi connectivity index (χ2n) is 9.69. The Bertz CT molecular complexity index is 1150. The molecule has 2 aliphatic heterocycles. The van der Waals surface area contributed by atoms with Gasteiger partial charge in [-0.05, 0) is 48.1 Å². The van der Waals surface area contributed by atoms with Crippen LogP contribution in [0.4, 0.5) is 11.4 Å². The van der Waals surface area contributed by atoms with Crippen molar-refractivity contribution in [2.75, 3.05) is 36.0 Å². The molecule has 0 spiro atoms. The van der Waals surface area contributed by atoms with Gasteiger partial charge in [-0.15, -0.1) is 0 Å². The number of likely N-dealkylation sites (tertiary alicyclic amines) is 1. The number of benzene rings is 3. The maximum Gasteiger partial charge on any atom is 0.223 e. The van der Waals surface area contributed by atoms with Crippen molar-refractivity contribution < 1.29 is 4.79 Å². The highest BCUT2D eigenvalue weighted by atomic mass is 16.2. The molecule has 0 aromatic heterocycles. The molecule has 5 rings (SSSR count). The zero-order valence-corrected chi connectivity index (χ0v) is 20.6. The Labute approximate surface area is 209 Å². The largest absolute Gasteiger partial charge is 0.365 e. The summed E-state index contributed by atoms with van der Waals surface area (Å²) in [5.74, 6) is 0.130. The van der Waals surface area contributed by atoms with E-state index in [1.807, 2.05) is 4.90 Å². The van der Waals surface area contributed by atoms with Crippen molar-refractivity contribution >= 4 is 23.4 Å². The number of amides is 1. The molecule has 0 aliphatic carbocycles. The van der Waals surface area contributed by atoms with Gasteiger partial charge in [-0.3, -0.25) is 9.69 Å². The van der Waals surface area contributed by atoms with Crippen LogP contribution in [0.3, 0.4) is 0 Å². The predicted molar refractivity (Wildman–Crippen MR) is 146 cm³/mol. The van der Waals surface area contributed by atoms with Gasteiger partial charge in [-0.25, -0.2) is 0 Å². The van der Waals surface area contributed by atoms with Gasteiger partial charge in [-0.1, -0.05) is 78.9 Å². The first-order valence-corrected chi connectivity index (χ1v) is 12.8. The standard InChI is InChI=1S/C31H35N3O/c1-25(35)33-22-16-28-14-15-30(23-31(28)33)34(19-8-13-26-9-4-2-5-10-26)29-17-20-32(21-18-29)24-27-11-6-3-7-12-27/h2-15,23,29H,16-22,24H2,1H3/b13-8-. The SMILES string of the molecule is CC(=O)N1CCc2ccc(N(C/C=C\c3ccccc3)C3CCN(Cc4ccccc4)CC3)cc21. The molecule has 0 atom stereocenters. The monoisotopic (exact) mass is 465 g/mol. The third-order valence-corrected chi connectivity index (χ3v) is 7.34. The van der Waals surface area contributed by atoms with Crippen LogP contribution in [0.1, 0.15) is 36.5 Å². The van der Waals surface area contributed by atoms with Crippen molar-refractivity contribution in [3.05, 3.63) is 102 Å². The fourth-order valence-electron chi connectivity index (χ4n) is 5.44. The van der Waals surface area contributed by atoms with Crippen LogP contribution in [0.5, 0.6) is 0 Å². The predicted octanol–water partition coefficient (Wildman–Crippen LogP) is 5.78. The maximum atomic E-state index is 12.2. The van der Waals surface area contributed by atoms with Gasteiger partial charge in [0, 0.05) is 57.1 Å². The van der Waals surface area contributed by atoms with Gasteiger partial charge in [0.2, 0.25) is 5.91 Å². The third kappa shape index (κ3) is 5.66. The minimum absolute atomic E-state index is 0.130. The number of piperidine rings is 1. The highest BCUT2D eigenvalue weighted by Gasteiger charge is 2.27. The van der Waals surface area contributed by atoms with E-state index >= 15 is 0 Å². The second kappa shape index (κ2) is 10.9. The first kappa shape index (κ1) is 23.4. The lowest BCUT2D eigenvalue weighted by atomic mass is 10.0. The van der Waals surface area contributed by atoms with E-state index in [4.69, 9.17) is 0 Å². The lowest BCUT2D eigenvalue weighted by Crippen LogP contribution is -2.45. The zero-order chi connectivity index (χ0) is 24.0. The molecule has 3 aromatic carbocycles. The second-order valence-corrected chi connectivity index (χ2v) is 9.69. The number of hydrogen-bond donors (Lipinski definition) is 0. The van der Waals surface area contributed by atoms with Crippen LogP contribution >= 0.6 is 0 Å². The summed E-state index contributed by atoms with van der Waals surface area (Å²) in [7, 11) is 0.